The summed E-state index contributed by atoms with van der Waals surface area (Å²) in [4.78, 5) is 39.6. The fourth-order valence-electron chi connectivity index (χ4n) is 3.24. The van der Waals surface area contributed by atoms with Crippen molar-refractivity contribution in [1.29, 1.82) is 0 Å². The van der Waals surface area contributed by atoms with Gasteiger partial charge in [-0.05, 0) is 25.5 Å². The first kappa shape index (κ1) is 27.9. The highest BCUT2D eigenvalue weighted by molar-refractivity contribution is 5.85. The Hall–Kier alpha value is -3.10. The van der Waals surface area contributed by atoms with Gasteiger partial charge in [0.25, 0.3) is 0 Å². The minimum absolute atomic E-state index is 0.281. The van der Waals surface area contributed by atoms with Crippen molar-refractivity contribution in [1.82, 2.24) is 10.6 Å². The molecule has 1 aliphatic heterocycles. The summed E-state index contributed by atoms with van der Waals surface area (Å²) in [5.41, 5.74) is 16.3. The molecule has 5 atom stereocenters. The zero-order chi connectivity index (χ0) is 25.0. The molecule has 0 bridgehead atoms. The molecule has 0 spiro atoms. The second kappa shape index (κ2) is 14.1. The second-order valence-electron chi connectivity index (χ2n) is 7.44. The summed E-state index contributed by atoms with van der Waals surface area (Å²) in [6.45, 7) is 1.21. The number of aliphatic hydroxyl groups is 2. The Kier molecular flexibility index (Phi) is 12.0. The quantitative estimate of drug-likeness (QED) is 0.0785. The summed E-state index contributed by atoms with van der Waals surface area (Å²) in [6, 6.07) is -2.26. The maximum Gasteiger partial charge on any atom is 0.407 e. The summed E-state index contributed by atoms with van der Waals surface area (Å²) in [5.74, 6) is -3.01. The molecule has 14 nitrogen and oxygen atoms in total. The Balaban J connectivity index is 3.11. The van der Waals surface area contributed by atoms with E-state index in [-0.39, 0.29) is 6.54 Å². The number of aliphatic carboxylic acids is 1. The van der Waals surface area contributed by atoms with Crippen LogP contribution >= 0.6 is 0 Å². The summed E-state index contributed by atoms with van der Waals surface area (Å²) < 4.78 is 10.7. The molecule has 0 saturated carbocycles. The predicted molar refractivity (Wildman–Crippen MR) is 117 cm³/mol. The number of hydrogen-bond donors (Lipinski definition) is 8. The van der Waals surface area contributed by atoms with Crippen molar-refractivity contribution in [3.05, 3.63) is 11.8 Å². The van der Waals surface area contributed by atoms with Crippen molar-refractivity contribution in [3.8, 4) is 0 Å². The van der Waals surface area contributed by atoms with Gasteiger partial charge in [0.2, 0.25) is 11.7 Å². The lowest BCUT2D eigenvalue weighted by atomic mass is 9.92. The number of rotatable bonds is 13. The van der Waals surface area contributed by atoms with Gasteiger partial charge in [-0.3, -0.25) is 4.79 Å². The smallest absolute Gasteiger partial charge is 0.407 e. The van der Waals surface area contributed by atoms with E-state index < -0.39 is 66.7 Å². The van der Waals surface area contributed by atoms with Crippen LogP contribution in [-0.2, 0) is 19.1 Å². The van der Waals surface area contributed by atoms with Crippen LogP contribution in [0.2, 0.25) is 0 Å². The standard InChI is InChI=1S/C19H34N6O8/c1-10(27)24-14-11(25-18(21)22)8-13(17(29)30)32-16(14)15(12(28)9-26)33-19(31)23-7-5-3-2-4-6-20/h8,11-12,14-16,26,28H,2-7,9,20H2,1H3,(H,23,31)(H,24,27)(H,29,30)(H4,21,22,25)/t11-,12+,14+,15+,16?/m0/s1. The van der Waals surface area contributed by atoms with Crippen molar-refractivity contribution in [3.63, 3.8) is 0 Å². The topological polar surface area (TPSA) is 245 Å². The van der Waals surface area contributed by atoms with E-state index in [1.807, 2.05) is 0 Å². The number of carbonyl (C=O) groups is 3. The van der Waals surface area contributed by atoms with Gasteiger partial charge in [0.05, 0.1) is 18.7 Å². The molecule has 14 heteroatoms. The SMILES string of the molecule is CC(=O)N[C@H]1C([C@H](OC(=O)NCCCCCCN)[C@H](O)CO)OC(C(=O)O)=C[C@@H]1N=C(N)N. The van der Waals surface area contributed by atoms with Crippen LogP contribution in [0.1, 0.15) is 32.6 Å². The van der Waals surface area contributed by atoms with Crippen LogP contribution in [0.4, 0.5) is 4.79 Å². The molecule has 0 saturated heterocycles. The number of carbonyl (C=O) groups excluding carboxylic acids is 2. The molecule has 33 heavy (non-hydrogen) atoms. The third-order valence-corrected chi connectivity index (χ3v) is 4.72. The number of ether oxygens (including phenoxy) is 2. The third-order valence-electron chi connectivity index (χ3n) is 4.72. The number of nitrogens with one attached hydrogen (secondary N) is 2. The Morgan fingerprint density at radius 3 is 2.45 bits per heavy atom. The average molecular weight is 475 g/mol. The van der Waals surface area contributed by atoms with Crippen LogP contribution in [0.5, 0.6) is 0 Å². The molecule has 0 aliphatic carbocycles. The number of carboxylic acid groups (broad SMARTS) is 1. The van der Waals surface area contributed by atoms with Crippen molar-refractivity contribution in [2.75, 3.05) is 19.7 Å². The van der Waals surface area contributed by atoms with Crippen LogP contribution in [-0.4, -0.2) is 89.3 Å². The van der Waals surface area contributed by atoms with Gasteiger partial charge in [-0.15, -0.1) is 0 Å². The van der Waals surface area contributed by atoms with Crippen molar-refractivity contribution in [2.45, 2.75) is 63.0 Å². The number of aliphatic hydroxyl groups excluding tert-OH is 2. The van der Waals surface area contributed by atoms with E-state index in [0.29, 0.717) is 13.0 Å². The Morgan fingerprint density at radius 2 is 1.91 bits per heavy atom. The first-order valence-corrected chi connectivity index (χ1v) is 10.5. The van der Waals surface area contributed by atoms with E-state index in [1.165, 1.54) is 6.92 Å². The number of aliphatic imine (C=N–C) groups is 1. The fourth-order valence-corrected chi connectivity index (χ4v) is 3.24. The summed E-state index contributed by atoms with van der Waals surface area (Å²) in [6.07, 6.45) is -1.28. The number of alkyl carbamates (subject to hydrolysis) is 1. The molecule has 1 aliphatic rings. The Morgan fingerprint density at radius 1 is 1.24 bits per heavy atom. The van der Waals surface area contributed by atoms with Gasteiger partial charge in [-0.1, -0.05) is 12.8 Å². The van der Waals surface area contributed by atoms with E-state index in [0.717, 1.165) is 25.3 Å². The van der Waals surface area contributed by atoms with Gasteiger partial charge in [0.1, 0.15) is 6.10 Å². The van der Waals surface area contributed by atoms with E-state index in [9.17, 15) is 29.7 Å². The van der Waals surface area contributed by atoms with Crippen LogP contribution < -0.4 is 27.8 Å². The van der Waals surface area contributed by atoms with E-state index >= 15 is 0 Å². The zero-order valence-corrected chi connectivity index (χ0v) is 18.5. The number of carboxylic acids is 1. The molecule has 2 amide bonds. The second-order valence-corrected chi connectivity index (χ2v) is 7.44. The lowest BCUT2D eigenvalue weighted by Crippen LogP contribution is -2.61. The Bertz CT molecular complexity index is 727. The molecule has 1 rings (SSSR count). The third kappa shape index (κ3) is 9.51. The number of nitrogens with two attached hydrogens (primary N) is 3. The highest BCUT2D eigenvalue weighted by Gasteiger charge is 2.46. The van der Waals surface area contributed by atoms with Gasteiger partial charge >= 0.3 is 12.1 Å². The van der Waals surface area contributed by atoms with E-state index in [4.69, 9.17) is 26.7 Å². The van der Waals surface area contributed by atoms with Crippen molar-refractivity contribution < 1.29 is 39.2 Å². The molecule has 0 radical (unpaired) electrons. The number of guanidine groups is 1. The zero-order valence-electron chi connectivity index (χ0n) is 18.5. The van der Waals surface area contributed by atoms with Gasteiger partial charge in [-0.2, -0.15) is 0 Å². The van der Waals surface area contributed by atoms with Crippen molar-refractivity contribution >= 4 is 23.9 Å². The maximum absolute atomic E-state index is 12.3. The number of nitrogens with zero attached hydrogens (tertiary/aromatic N) is 1. The maximum atomic E-state index is 12.3. The van der Waals surface area contributed by atoms with Crippen LogP contribution in [0.15, 0.2) is 16.8 Å². The van der Waals surface area contributed by atoms with Crippen LogP contribution in [0.3, 0.4) is 0 Å². The van der Waals surface area contributed by atoms with Gasteiger partial charge in [0.15, 0.2) is 18.2 Å². The summed E-state index contributed by atoms with van der Waals surface area (Å²) in [5, 5.41) is 34.2. The Labute approximate surface area is 191 Å². The normalized spacial score (nSPS) is 21.6. The molecular weight excluding hydrogens is 440 g/mol. The van der Waals surface area contributed by atoms with Gasteiger partial charge < -0.3 is 52.6 Å². The van der Waals surface area contributed by atoms with E-state index in [1.54, 1.807) is 0 Å². The molecular formula is C19H34N6O8. The number of amides is 2. The first-order valence-electron chi connectivity index (χ1n) is 10.5. The van der Waals surface area contributed by atoms with Gasteiger partial charge in [0, 0.05) is 13.5 Å². The minimum atomic E-state index is -1.67. The predicted octanol–water partition coefficient (Wildman–Crippen LogP) is -2.53. The minimum Gasteiger partial charge on any atom is -0.477 e. The van der Waals surface area contributed by atoms with Crippen LogP contribution in [0, 0.1) is 0 Å². The molecule has 0 aromatic carbocycles. The van der Waals surface area contributed by atoms with Gasteiger partial charge in [-0.25, -0.2) is 14.6 Å². The first-order chi connectivity index (χ1) is 15.6. The average Bonchev–Trinajstić information content (AvgIpc) is 2.74. The molecule has 11 N–H and O–H groups in total. The van der Waals surface area contributed by atoms with Crippen molar-refractivity contribution in [2.24, 2.45) is 22.2 Å². The largest absolute Gasteiger partial charge is 0.477 e. The molecule has 0 aromatic rings. The summed E-state index contributed by atoms with van der Waals surface area (Å²) in [7, 11) is 0. The van der Waals surface area contributed by atoms with Crippen LogP contribution in [0.25, 0.3) is 0 Å². The summed E-state index contributed by atoms with van der Waals surface area (Å²) >= 11 is 0. The molecule has 1 unspecified atom stereocenters. The molecule has 0 aromatic heterocycles. The number of hydrogen-bond acceptors (Lipinski definition) is 9. The lowest BCUT2D eigenvalue weighted by molar-refractivity contribution is -0.146. The highest BCUT2D eigenvalue weighted by Crippen LogP contribution is 2.26. The fraction of sp³-hybridized carbons (Fsp3) is 0.684. The monoisotopic (exact) mass is 474 g/mol. The molecule has 188 valence electrons. The van der Waals surface area contributed by atoms with E-state index in [2.05, 4.69) is 15.6 Å². The molecule has 0 fully saturated rings. The molecule has 1 heterocycles. The highest BCUT2D eigenvalue weighted by atomic mass is 16.6. The lowest BCUT2D eigenvalue weighted by Gasteiger charge is -2.39. The number of unbranched alkanes of at least 4 members (excludes halogenated alkanes) is 3.